The van der Waals surface area contributed by atoms with Crippen molar-refractivity contribution in [1.82, 2.24) is 0 Å². The van der Waals surface area contributed by atoms with Gasteiger partial charge in [-0.25, -0.2) is 0 Å². The average Bonchev–Trinajstić information content (AvgIpc) is 2.46. The lowest BCUT2D eigenvalue weighted by Gasteiger charge is -2.20. The molecule has 0 atom stereocenters. The van der Waals surface area contributed by atoms with E-state index < -0.39 is 0 Å². The van der Waals surface area contributed by atoms with Crippen LogP contribution in [0.2, 0.25) is 0 Å². The minimum absolute atomic E-state index is 0.0134. The average molecular weight is 268 g/mol. The van der Waals surface area contributed by atoms with Crippen molar-refractivity contribution in [1.29, 1.82) is 0 Å². The summed E-state index contributed by atoms with van der Waals surface area (Å²) >= 11 is 0. The second-order valence-corrected chi connectivity index (χ2v) is 5.06. The van der Waals surface area contributed by atoms with Gasteiger partial charge >= 0.3 is 0 Å². The van der Waals surface area contributed by atoms with Crippen LogP contribution in [0.3, 0.4) is 0 Å². The summed E-state index contributed by atoms with van der Waals surface area (Å²) in [4.78, 5) is 14.2. The Labute approximate surface area is 120 Å². The van der Waals surface area contributed by atoms with Gasteiger partial charge in [-0.1, -0.05) is 29.8 Å². The molecule has 0 saturated carbocycles. The van der Waals surface area contributed by atoms with Gasteiger partial charge in [0.05, 0.1) is 0 Å². The van der Waals surface area contributed by atoms with Crippen LogP contribution in [0.15, 0.2) is 42.5 Å². The normalized spacial score (nSPS) is 10.4. The van der Waals surface area contributed by atoms with Gasteiger partial charge in [-0.15, -0.1) is 0 Å². The van der Waals surface area contributed by atoms with Crippen molar-refractivity contribution < 1.29 is 4.79 Å². The van der Waals surface area contributed by atoms with E-state index in [0.29, 0.717) is 12.1 Å². The first kappa shape index (κ1) is 14.3. The lowest BCUT2D eigenvalue weighted by molar-refractivity contribution is 0.0993. The Morgan fingerprint density at radius 1 is 1.10 bits per heavy atom. The highest BCUT2D eigenvalue weighted by molar-refractivity contribution is 6.06. The second-order valence-electron chi connectivity index (χ2n) is 5.06. The Kier molecular flexibility index (Phi) is 4.20. The topological polar surface area (TPSA) is 46.3 Å². The van der Waals surface area contributed by atoms with Crippen LogP contribution in [0.5, 0.6) is 0 Å². The number of amides is 1. The van der Waals surface area contributed by atoms with Crippen molar-refractivity contribution in [2.24, 2.45) is 5.73 Å². The molecule has 0 aliphatic carbocycles. The fraction of sp³-hybridized carbons (Fsp3) is 0.235. The van der Waals surface area contributed by atoms with Crippen LogP contribution in [0.4, 0.5) is 5.69 Å². The second kappa shape index (κ2) is 5.88. The zero-order valence-corrected chi connectivity index (χ0v) is 12.2. The van der Waals surface area contributed by atoms with Gasteiger partial charge in [-0.2, -0.15) is 0 Å². The van der Waals surface area contributed by atoms with Gasteiger partial charge in [-0.05, 0) is 43.2 Å². The standard InChI is InChI=1S/C17H20N2O/c1-12-4-9-16(13(2)10-12)19(3)17(20)15-7-5-14(11-18)6-8-15/h4-10H,11,18H2,1-3H3. The fourth-order valence-electron chi connectivity index (χ4n) is 2.27. The lowest BCUT2D eigenvalue weighted by atomic mass is 10.1. The van der Waals surface area contributed by atoms with E-state index in [1.165, 1.54) is 5.56 Å². The number of benzene rings is 2. The fourth-order valence-corrected chi connectivity index (χ4v) is 2.27. The quantitative estimate of drug-likeness (QED) is 0.930. The van der Waals surface area contributed by atoms with Gasteiger partial charge < -0.3 is 10.6 Å². The Balaban J connectivity index is 2.27. The first-order valence-corrected chi connectivity index (χ1v) is 6.67. The van der Waals surface area contributed by atoms with Crippen molar-refractivity contribution in [3.63, 3.8) is 0 Å². The molecule has 0 unspecified atom stereocenters. The number of anilines is 1. The molecular weight excluding hydrogens is 248 g/mol. The van der Waals surface area contributed by atoms with E-state index in [1.807, 2.05) is 50.2 Å². The monoisotopic (exact) mass is 268 g/mol. The molecule has 104 valence electrons. The van der Waals surface area contributed by atoms with Crippen molar-refractivity contribution in [2.45, 2.75) is 20.4 Å². The molecule has 3 heteroatoms. The first-order chi connectivity index (χ1) is 9.52. The molecule has 0 fully saturated rings. The highest BCUT2D eigenvalue weighted by Gasteiger charge is 2.14. The molecule has 0 radical (unpaired) electrons. The summed E-state index contributed by atoms with van der Waals surface area (Å²) in [5, 5.41) is 0. The number of hydrogen-bond donors (Lipinski definition) is 1. The summed E-state index contributed by atoms with van der Waals surface area (Å²) in [6.45, 7) is 4.55. The molecule has 0 bridgehead atoms. The van der Waals surface area contributed by atoms with Crippen LogP contribution >= 0.6 is 0 Å². The third-order valence-electron chi connectivity index (χ3n) is 3.45. The van der Waals surface area contributed by atoms with Gasteiger partial charge in [0.15, 0.2) is 0 Å². The van der Waals surface area contributed by atoms with Gasteiger partial charge in [0.1, 0.15) is 0 Å². The van der Waals surface area contributed by atoms with Crippen molar-refractivity contribution in [3.8, 4) is 0 Å². The summed E-state index contributed by atoms with van der Waals surface area (Å²) in [6.07, 6.45) is 0. The van der Waals surface area contributed by atoms with E-state index in [0.717, 1.165) is 16.8 Å². The molecule has 0 heterocycles. The van der Waals surface area contributed by atoms with E-state index >= 15 is 0 Å². The third-order valence-corrected chi connectivity index (χ3v) is 3.45. The maximum absolute atomic E-state index is 12.5. The third kappa shape index (κ3) is 2.89. The minimum atomic E-state index is -0.0134. The van der Waals surface area contributed by atoms with Crippen LogP contribution in [-0.2, 0) is 6.54 Å². The number of nitrogens with zero attached hydrogens (tertiary/aromatic N) is 1. The van der Waals surface area contributed by atoms with Gasteiger partial charge in [0, 0.05) is 24.8 Å². The van der Waals surface area contributed by atoms with Crippen molar-refractivity contribution in [3.05, 3.63) is 64.7 Å². The van der Waals surface area contributed by atoms with Gasteiger partial charge in [0.2, 0.25) is 0 Å². The van der Waals surface area contributed by atoms with Crippen LogP contribution in [0, 0.1) is 13.8 Å². The van der Waals surface area contributed by atoms with E-state index in [4.69, 9.17) is 5.73 Å². The number of nitrogens with two attached hydrogens (primary N) is 1. The van der Waals surface area contributed by atoms with Crippen molar-refractivity contribution in [2.75, 3.05) is 11.9 Å². The number of carbonyl (C=O) groups excluding carboxylic acids is 1. The van der Waals surface area contributed by atoms with E-state index in [9.17, 15) is 4.79 Å². The Morgan fingerprint density at radius 3 is 2.30 bits per heavy atom. The minimum Gasteiger partial charge on any atom is -0.326 e. The molecule has 2 N–H and O–H groups in total. The van der Waals surface area contributed by atoms with E-state index in [-0.39, 0.29) is 5.91 Å². The van der Waals surface area contributed by atoms with Crippen LogP contribution in [-0.4, -0.2) is 13.0 Å². The van der Waals surface area contributed by atoms with Gasteiger partial charge in [0.25, 0.3) is 5.91 Å². The van der Waals surface area contributed by atoms with Crippen molar-refractivity contribution >= 4 is 11.6 Å². The number of aryl methyl sites for hydroxylation is 2. The Morgan fingerprint density at radius 2 is 1.75 bits per heavy atom. The molecule has 2 aromatic rings. The molecule has 1 amide bonds. The number of carbonyl (C=O) groups is 1. The summed E-state index contributed by atoms with van der Waals surface area (Å²) in [7, 11) is 1.80. The smallest absolute Gasteiger partial charge is 0.258 e. The zero-order chi connectivity index (χ0) is 14.7. The molecule has 0 aliphatic heterocycles. The van der Waals surface area contributed by atoms with E-state index in [1.54, 1.807) is 11.9 Å². The summed E-state index contributed by atoms with van der Waals surface area (Å²) in [5.41, 5.74) is 10.5. The summed E-state index contributed by atoms with van der Waals surface area (Å²) < 4.78 is 0. The summed E-state index contributed by atoms with van der Waals surface area (Å²) in [6, 6.07) is 13.5. The molecule has 0 saturated heterocycles. The highest BCUT2D eigenvalue weighted by Crippen LogP contribution is 2.21. The molecule has 0 aromatic heterocycles. The maximum Gasteiger partial charge on any atom is 0.258 e. The molecule has 2 rings (SSSR count). The predicted octanol–water partition coefficient (Wildman–Crippen LogP) is 3.04. The molecule has 20 heavy (non-hydrogen) atoms. The molecule has 2 aromatic carbocycles. The van der Waals surface area contributed by atoms with Crippen LogP contribution < -0.4 is 10.6 Å². The first-order valence-electron chi connectivity index (χ1n) is 6.67. The maximum atomic E-state index is 12.5. The highest BCUT2D eigenvalue weighted by atomic mass is 16.2. The molecule has 0 spiro atoms. The Bertz CT molecular complexity index is 617. The van der Waals surface area contributed by atoms with Crippen LogP contribution in [0.1, 0.15) is 27.0 Å². The molecule has 3 nitrogen and oxygen atoms in total. The zero-order valence-electron chi connectivity index (χ0n) is 12.2. The number of hydrogen-bond acceptors (Lipinski definition) is 2. The Hall–Kier alpha value is -2.13. The lowest BCUT2D eigenvalue weighted by Crippen LogP contribution is -2.26. The van der Waals surface area contributed by atoms with Gasteiger partial charge in [-0.3, -0.25) is 4.79 Å². The van der Waals surface area contributed by atoms with Crippen LogP contribution in [0.25, 0.3) is 0 Å². The largest absolute Gasteiger partial charge is 0.326 e. The van der Waals surface area contributed by atoms with E-state index in [2.05, 4.69) is 6.07 Å². The molecule has 0 aliphatic rings. The number of rotatable bonds is 3. The SMILES string of the molecule is Cc1ccc(N(C)C(=O)c2ccc(CN)cc2)c(C)c1. The molecular formula is C17H20N2O. The summed E-state index contributed by atoms with van der Waals surface area (Å²) in [5.74, 6) is -0.0134. The predicted molar refractivity (Wildman–Crippen MR) is 83.0 cm³/mol.